The molecule has 0 spiro atoms. The Bertz CT molecular complexity index is 570. The zero-order valence-corrected chi connectivity index (χ0v) is 13.0. The molecule has 0 radical (unpaired) electrons. The topological polar surface area (TPSA) is 54.4 Å². The van der Waals surface area contributed by atoms with Gasteiger partial charge in [-0.2, -0.15) is 13.2 Å². The van der Waals surface area contributed by atoms with Crippen LogP contribution in [0, 0.1) is 0 Å². The number of aliphatic hydroxyl groups is 1. The van der Waals surface area contributed by atoms with Gasteiger partial charge >= 0.3 is 6.18 Å². The maximum atomic E-state index is 12.7. The summed E-state index contributed by atoms with van der Waals surface area (Å²) in [7, 11) is -3.14. The van der Waals surface area contributed by atoms with Crippen LogP contribution in [-0.4, -0.2) is 25.5 Å². The number of sulfone groups is 1. The summed E-state index contributed by atoms with van der Waals surface area (Å²) in [6.45, 7) is 0. The monoisotopic (exact) mass is 374 g/mol. The van der Waals surface area contributed by atoms with Crippen molar-refractivity contribution in [1.29, 1.82) is 0 Å². The van der Waals surface area contributed by atoms with Gasteiger partial charge in [-0.25, -0.2) is 8.42 Å². The predicted octanol–water partition coefficient (Wildman–Crippen LogP) is 3.33. The lowest BCUT2D eigenvalue weighted by atomic mass is 10.0. The van der Waals surface area contributed by atoms with Crippen LogP contribution in [0.4, 0.5) is 13.2 Å². The van der Waals surface area contributed by atoms with Gasteiger partial charge in [0, 0.05) is 16.5 Å². The maximum Gasteiger partial charge on any atom is 0.417 e. The molecule has 0 aromatic heterocycles. The molecule has 114 valence electrons. The van der Waals surface area contributed by atoms with Gasteiger partial charge in [0.25, 0.3) is 0 Å². The minimum absolute atomic E-state index is 0.0893. The number of halogens is 4. The first-order valence-electron chi connectivity index (χ1n) is 5.73. The highest BCUT2D eigenvalue weighted by molar-refractivity contribution is 9.10. The smallest absolute Gasteiger partial charge is 0.388 e. The zero-order chi connectivity index (χ0) is 15.6. The van der Waals surface area contributed by atoms with Crippen LogP contribution in [-0.2, 0) is 16.0 Å². The number of rotatable bonds is 5. The molecule has 1 unspecified atom stereocenters. The van der Waals surface area contributed by atoms with Crippen molar-refractivity contribution < 1.29 is 26.7 Å². The molecule has 0 aliphatic carbocycles. The van der Waals surface area contributed by atoms with E-state index in [2.05, 4.69) is 15.9 Å². The van der Waals surface area contributed by atoms with E-state index >= 15 is 0 Å². The van der Waals surface area contributed by atoms with Crippen molar-refractivity contribution in [3.8, 4) is 0 Å². The molecule has 0 bridgehead atoms. The Hall–Kier alpha value is -0.600. The first-order chi connectivity index (χ1) is 9.00. The molecule has 0 saturated heterocycles. The van der Waals surface area contributed by atoms with Crippen molar-refractivity contribution in [2.75, 3.05) is 12.0 Å². The van der Waals surface area contributed by atoms with E-state index in [1.807, 2.05) is 0 Å². The molecule has 0 amide bonds. The highest BCUT2D eigenvalue weighted by atomic mass is 79.9. The van der Waals surface area contributed by atoms with Gasteiger partial charge in [0.2, 0.25) is 0 Å². The van der Waals surface area contributed by atoms with Crippen LogP contribution in [0.1, 0.15) is 30.1 Å². The number of hydrogen-bond donors (Lipinski definition) is 1. The minimum Gasteiger partial charge on any atom is -0.388 e. The number of benzene rings is 1. The van der Waals surface area contributed by atoms with E-state index in [1.165, 1.54) is 12.1 Å². The molecule has 1 aromatic carbocycles. The van der Waals surface area contributed by atoms with Crippen molar-refractivity contribution >= 4 is 25.8 Å². The van der Waals surface area contributed by atoms with Crippen LogP contribution in [0.3, 0.4) is 0 Å². The van der Waals surface area contributed by atoms with Crippen molar-refractivity contribution in [3.63, 3.8) is 0 Å². The van der Waals surface area contributed by atoms with E-state index < -0.39 is 27.7 Å². The normalized spacial score (nSPS) is 14.3. The summed E-state index contributed by atoms with van der Waals surface area (Å²) in [4.78, 5) is 0. The molecule has 0 saturated carbocycles. The summed E-state index contributed by atoms with van der Waals surface area (Å²) >= 11 is 2.81. The molecule has 1 N–H and O–H groups in total. The summed E-state index contributed by atoms with van der Waals surface area (Å²) in [6.07, 6.45) is -4.28. The highest BCUT2D eigenvalue weighted by Crippen LogP contribution is 2.36. The van der Waals surface area contributed by atoms with Gasteiger partial charge in [-0.15, -0.1) is 0 Å². The SMILES string of the molecule is CS(=O)(=O)CCCC(O)c1ccc(Br)c(C(F)(F)F)c1. The maximum absolute atomic E-state index is 12.7. The predicted molar refractivity (Wildman–Crippen MR) is 73.0 cm³/mol. The van der Waals surface area contributed by atoms with Gasteiger partial charge in [0.1, 0.15) is 9.84 Å². The van der Waals surface area contributed by atoms with Crippen molar-refractivity contribution in [3.05, 3.63) is 33.8 Å². The molecule has 0 heterocycles. The number of alkyl halides is 3. The summed E-state index contributed by atoms with van der Waals surface area (Å²) in [5, 5.41) is 9.82. The molecular formula is C12H14BrF3O3S. The molecule has 3 nitrogen and oxygen atoms in total. The third kappa shape index (κ3) is 5.41. The van der Waals surface area contributed by atoms with Gasteiger partial charge in [0.05, 0.1) is 11.7 Å². The van der Waals surface area contributed by atoms with Crippen molar-refractivity contribution in [2.45, 2.75) is 25.1 Å². The van der Waals surface area contributed by atoms with Crippen molar-refractivity contribution in [2.24, 2.45) is 0 Å². The van der Waals surface area contributed by atoms with Crippen LogP contribution in [0.5, 0.6) is 0 Å². The van der Waals surface area contributed by atoms with Crippen LogP contribution in [0.15, 0.2) is 22.7 Å². The van der Waals surface area contributed by atoms with Crippen molar-refractivity contribution in [1.82, 2.24) is 0 Å². The first-order valence-corrected chi connectivity index (χ1v) is 8.58. The lowest BCUT2D eigenvalue weighted by Gasteiger charge is -2.15. The lowest BCUT2D eigenvalue weighted by Crippen LogP contribution is -2.09. The third-order valence-electron chi connectivity index (χ3n) is 2.67. The Morgan fingerprint density at radius 1 is 1.35 bits per heavy atom. The Labute approximate surface area is 123 Å². The quantitative estimate of drug-likeness (QED) is 0.859. The minimum atomic E-state index is -4.51. The molecule has 20 heavy (non-hydrogen) atoms. The first kappa shape index (κ1) is 17.5. The van der Waals surface area contributed by atoms with E-state index in [0.29, 0.717) is 0 Å². The lowest BCUT2D eigenvalue weighted by molar-refractivity contribution is -0.138. The number of aliphatic hydroxyl groups excluding tert-OH is 1. The Morgan fingerprint density at radius 2 is 1.95 bits per heavy atom. The molecule has 0 aliphatic heterocycles. The molecule has 1 aromatic rings. The average molecular weight is 375 g/mol. The second-order valence-electron chi connectivity index (χ2n) is 4.52. The average Bonchev–Trinajstić information content (AvgIpc) is 2.26. The highest BCUT2D eigenvalue weighted by Gasteiger charge is 2.33. The molecule has 0 aliphatic rings. The van der Waals surface area contributed by atoms with E-state index in [4.69, 9.17) is 0 Å². The van der Waals surface area contributed by atoms with E-state index in [9.17, 15) is 26.7 Å². The van der Waals surface area contributed by atoms with E-state index in [0.717, 1.165) is 12.3 Å². The van der Waals surface area contributed by atoms with Crippen LogP contribution < -0.4 is 0 Å². The van der Waals surface area contributed by atoms with Crippen LogP contribution in [0.2, 0.25) is 0 Å². The zero-order valence-electron chi connectivity index (χ0n) is 10.6. The summed E-state index contributed by atoms with van der Waals surface area (Å²) < 4.78 is 59.9. The Morgan fingerprint density at radius 3 is 2.45 bits per heavy atom. The van der Waals surface area contributed by atoms with Gasteiger partial charge < -0.3 is 5.11 Å². The summed E-state index contributed by atoms with van der Waals surface area (Å²) in [5.41, 5.74) is -0.744. The molecule has 1 atom stereocenters. The van der Waals surface area contributed by atoms with Crippen LogP contribution >= 0.6 is 15.9 Å². The van der Waals surface area contributed by atoms with Crippen LogP contribution in [0.25, 0.3) is 0 Å². The van der Waals surface area contributed by atoms with Gasteiger partial charge in [-0.3, -0.25) is 0 Å². The molecule has 1 rings (SSSR count). The summed E-state index contributed by atoms with van der Waals surface area (Å²) in [5.74, 6) is -0.104. The Kier molecular flexibility index (Phi) is 5.62. The molecule has 0 fully saturated rings. The second kappa shape index (κ2) is 6.44. The summed E-state index contributed by atoms with van der Waals surface area (Å²) in [6, 6.07) is 3.47. The van der Waals surface area contributed by atoms with E-state index in [-0.39, 0.29) is 28.6 Å². The third-order valence-corrected chi connectivity index (χ3v) is 4.40. The largest absolute Gasteiger partial charge is 0.417 e. The molecule has 8 heteroatoms. The van der Waals surface area contributed by atoms with E-state index in [1.54, 1.807) is 0 Å². The fourth-order valence-electron chi connectivity index (χ4n) is 1.67. The Balaban J connectivity index is 2.82. The second-order valence-corrected chi connectivity index (χ2v) is 7.64. The standard InChI is InChI=1S/C12H14BrF3O3S/c1-20(18,19)6-2-3-11(17)8-4-5-10(13)9(7-8)12(14,15)16/h4-5,7,11,17H,2-3,6H2,1H3. The number of hydrogen-bond acceptors (Lipinski definition) is 3. The fourth-order valence-corrected chi connectivity index (χ4v) is 2.84. The van der Waals surface area contributed by atoms with Gasteiger partial charge in [0.15, 0.2) is 0 Å². The van der Waals surface area contributed by atoms with Gasteiger partial charge in [-0.05, 0) is 30.5 Å². The molecular weight excluding hydrogens is 361 g/mol. The fraction of sp³-hybridized carbons (Fsp3) is 0.500. The van der Waals surface area contributed by atoms with Gasteiger partial charge in [-0.1, -0.05) is 22.0 Å².